The minimum atomic E-state index is -2.72. The normalized spacial score (nSPS) is 20.7. The number of urea groups is 1. The number of aromatic nitrogens is 3. The van der Waals surface area contributed by atoms with Crippen LogP contribution >= 0.6 is 0 Å². The summed E-state index contributed by atoms with van der Waals surface area (Å²) in [5.41, 5.74) is 0.730. The van der Waals surface area contributed by atoms with Gasteiger partial charge in [-0.15, -0.1) is 0 Å². The second-order valence-corrected chi connectivity index (χ2v) is 8.36. The number of halogens is 2. The molecule has 166 valence electrons. The molecule has 0 spiro atoms. The van der Waals surface area contributed by atoms with Gasteiger partial charge in [-0.25, -0.2) is 13.6 Å². The predicted octanol–water partition coefficient (Wildman–Crippen LogP) is 2.79. The highest BCUT2D eigenvalue weighted by molar-refractivity contribution is 5.96. The van der Waals surface area contributed by atoms with E-state index in [0.717, 1.165) is 11.8 Å². The number of alkyl halides is 2. The summed E-state index contributed by atoms with van der Waals surface area (Å²) in [6, 6.07) is 2.00. The standard InChI is InChI=1S/C20H24F2N6O3/c1-12-8-28-16(15(7-24-28)27-11-20(2,3)31-10-17(27)29)9-26(12)19(30)25-13-4-5-23-14(6-13)18(21)22/h4-7,12,18H,8-11H2,1-3H3,(H,23,25,30)/t12-/m0/s1. The number of pyridine rings is 1. The number of amides is 3. The molecule has 2 aromatic rings. The Hall–Kier alpha value is -3.08. The third-order valence-corrected chi connectivity index (χ3v) is 5.45. The van der Waals surface area contributed by atoms with Gasteiger partial charge in [-0.1, -0.05) is 0 Å². The maximum Gasteiger partial charge on any atom is 0.322 e. The van der Waals surface area contributed by atoms with E-state index in [1.807, 2.05) is 20.8 Å². The van der Waals surface area contributed by atoms with Gasteiger partial charge in [0.25, 0.3) is 12.3 Å². The number of carbonyl (C=O) groups is 2. The maximum absolute atomic E-state index is 12.9. The van der Waals surface area contributed by atoms with Crippen molar-refractivity contribution in [3.63, 3.8) is 0 Å². The van der Waals surface area contributed by atoms with Crippen LogP contribution < -0.4 is 10.2 Å². The van der Waals surface area contributed by atoms with Gasteiger partial charge in [0.15, 0.2) is 0 Å². The lowest BCUT2D eigenvalue weighted by atomic mass is 10.1. The molecule has 1 saturated heterocycles. The first-order valence-corrected chi connectivity index (χ1v) is 9.95. The fourth-order valence-corrected chi connectivity index (χ4v) is 3.79. The Morgan fingerprint density at radius 2 is 2.16 bits per heavy atom. The summed E-state index contributed by atoms with van der Waals surface area (Å²) in [5.74, 6) is -0.166. The Labute approximate surface area is 178 Å². The average molecular weight is 434 g/mol. The molecule has 2 aromatic heterocycles. The van der Waals surface area contributed by atoms with Crippen LogP contribution in [0, 0.1) is 0 Å². The second-order valence-electron chi connectivity index (χ2n) is 8.36. The third-order valence-electron chi connectivity index (χ3n) is 5.45. The molecular formula is C20H24F2N6O3. The molecule has 1 fully saturated rings. The number of morpholine rings is 1. The molecule has 1 atom stereocenters. The van der Waals surface area contributed by atoms with E-state index in [0.29, 0.717) is 18.8 Å². The first-order valence-electron chi connectivity index (χ1n) is 9.95. The molecule has 31 heavy (non-hydrogen) atoms. The van der Waals surface area contributed by atoms with E-state index in [4.69, 9.17) is 4.74 Å². The molecule has 11 heteroatoms. The van der Waals surface area contributed by atoms with Crippen molar-refractivity contribution in [2.75, 3.05) is 23.4 Å². The summed E-state index contributed by atoms with van der Waals surface area (Å²) in [6.07, 6.45) is 0.147. The van der Waals surface area contributed by atoms with Crippen molar-refractivity contribution < 1.29 is 23.1 Å². The van der Waals surface area contributed by atoms with Crippen molar-refractivity contribution in [1.29, 1.82) is 0 Å². The molecule has 0 aromatic carbocycles. The lowest BCUT2D eigenvalue weighted by Crippen LogP contribution is -2.52. The fourth-order valence-electron chi connectivity index (χ4n) is 3.79. The summed E-state index contributed by atoms with van der Waals surface area (Å²) in [7, 11) is 0. The summed E-state index contributed by atoms with van der Waals surface area (Å²) in [6.45, 7) is 6.72. The zero-order chi connectivity index (χ0) is 22.3. The number of fused-ring (bicyclic) bond motifs is 1. The molecule has 2 aliphatic heterocycles. The fraction of sp³-hybridized carbons (Fsp3) is 0.500. The molecule has 0 radical (unpaired) electrons. The number of nitrogens with one attached hydrogen (secondary N) is 1. The van der Waals surface area contributed by atoms with Crippen molar-refractivity contribution in [3.05, 3.63) is 35.9 Å². The zero-order valence-corrected chi connectivity index (χ0v) is 17.5. The van der Waals surface area contributed by atoms with Crippen molar-refractivity contribution in [2.24, 2.45) is 0 Å². The highest BCUT2D eigenvalue weighted by Gasteiger charge is 2.37. The smallest absolute Gasteiger partial charge is 0.322 e. The highest BCUT2D eigenvalue weighted by Crippen LogP contribution is 2.31. The quantitative estimate of drug-likeness (QED) is 0.802. The van der Waals surface area contributed by atoms with Gasteiger partial charge in [0.1, 0.15) is 12.3 Å². The molecule has 0 bridgehead atoms. The Kier molecular flexibility index (Phi) is 5.38. The minimum Gasteiger partial charge on any atom is -0.364 e. The van der Waals surface area contributed by atoms with Gasteiger partial charge in [0.2, 0.25) is 0 Å². The number of ether oxygens (including phenoxy) is 1. The predicted molar refractivity (Wildman–Crippen MR) is 108 cm³/mol. The van der Waals surface area contributed by atoms with Crippen LogP contribution in [0.2, 0.25) is 0 Å². The molecule has 9 nitrogen and oxygen atoms in total. The molecular weight excluding hydrogens is 410 g/mol. The van der Waals surface area contributed by atoms with Crippen molar-refractivity contribution >= 4 is 23.3 Å². The third kappa shape index (κ3) is 4.22. The van der Waals surface area contributed by atoms with Gasteiger partial charge in [-0.05, 0) is 32.9 Å². The number of anilines is 2. The first-order chi connectivity index (χ1) is 14.6. The minimum absolute atomic E-state index is 0.0211. The Balaban J connectivity index is 1.55. The Bertz CT molecular complexity index is 1010. The van der Waals surface area contributed by atoms with Crippen LogP contribution in [0.1, 0.15) is 38.6 Å². The first kappa shape index (κ1) is 21.2. The van der Waals surface area contributed by atoms with Crippen LogP contribution in [0.3, 0.4) is 0 Å². The molecule has 0 unspecified atom stereocenters. The van der Waals surface area contributed by atoms with Crippen LogP contribution in [-0.2, 0) is 22.6 Å². The van der Waals surface area contributed by atoms with E-state index >= 15 is 0 Å². The van der Waals surface area contributed by atoms with Gasteiger partial charge < -0.3 is 19.9 Å². The van der Waals surface area contributed by atoms with E-state index in [-0.39, 0.29) is 30.8 Å². The van der Waals surface area contributed by atoms with E-state index in [1.54, 1.807) is 20.7 Å². The summed E-state index contributed by atoms with van der Waals surface area (Å²) in [4.78, 5) is 32.2. The van der Waals surface area contributed by atoms with Crippen LogP contribution in [0.5, 0.6) is 0 Å². The van der Waals surface area contributed by atoms with Gasteiger partial charge in [0, 0.05) is 11.9 Å². The van der Waals surface area contributed by atoms with Crippen LogP contribution in [0.25, 0.3) is 0 Å². The van der Waals surface area contributed by atoms with Crippen LogP contribution in [0.15, 0.2) is 24.5 Å². The van der Waals surface area contributed by atoms with E-state index < -0.39 is 23.8 Å². The monoisotopic (exact) mass is 434 g/mol. The SMILES string of the molecule is C[C@H]1Cn2ncc(N3CC(C)(C)OCC3=O)c2CN1C(=O)Nc1ccnc(C(F)F)c1. The van der Waals surface area contributed by atoms with Crippen molar-refractivity contribution in [2.45, 2.75) is 51.9 Å². The number of hydrogen-bond donors (Lipinski definition) is 1. The maximum atomic E-state index is 12.9. The van der Waals surface area contributed by atoms with Gasteiger partial charge in [-0.2, -0.15) is 5.10 Å². The molecule has 0 saturated carbocycles. The highest BCUT2D eigenvalue weighted by atomic mass is 19.3. The molecule has 2 aliphatic rings. The molecule has 1 N–H and O–H groups in total. The summed E-state index contributed by atoms with van der Waals surface area (Å²) >= 11 is 0. The van der Waals surface area contributed by atoms with E-state index in [2.05, 4.69) is 15.4 Å². The topological polar surface area (TPSA) is 92.6 Å². The molecule has 3 amide bonds. The van der Waals surface area contributed by atoms with Gasteiger partial charge in [0.05, 0.1) is 48.9 Å². The number of carbonyl (C=O) groups excluding carboxylic acids is 2. The Morgan fingerprint density at radius 1 is 1.39 bits per heavy atom. The zero-order valence-electron chi connectivity index (χ0n) is 17.5. The summed E-state index contributed by atoms with van der Waals surface area (Å²) < 4.78 is 33.2. The molecule has 4 rings (SSSR count). The van der Waals surface area contributed by atoms with Gasteiger partial charge >= 0.3 is 6.03 Å². The second kappa shape index (κ2) is 7.88. The van der Waals surface area contributed by atoms with Crippen LogP contribution in [0.4, 0.5) is 25.0 Å². The number of hydrogen-bond acceptors (Lipinski definition) is 5. The molecule has 4 heterocycles. The lowest BCUT2D eigenvalue weighted by Gasteiger charge is -2.39. The largest absolute Gasteiger partial charge is 0.364 e. The number of nitrogens with zero attached hydrogens (tertiary/aromatic N) is 5. The number of rotatable bonds is 3. The van der Waals surface area contributed by atoms with Crippen molar-refractivity contribution in [1.82, 2.24) is 19.7 Å². The lowest BCUT2D eigenvalue weighted by molar-refractivity contribution is -0.135. The van der Waals surface area contributed by atoms with E-state index in [9.17, 15) is 18.4 Å². The van der Waals surface area contributed by atoms with Gasteiger partial charge in [-0.3, -0.25) is 14.5 Å². The van der Waals surface area contributed by atoms with Crippen molar-refractivity contribution in [3.8, 4) is 0 Å². The van der Waals surface area contributed by atoms with Crippen LogP contribution in [-0.4, -0.2) is 56.4 Å². The van der Waals surface area contributed by atoms with E-state index in [1.165, 1.54) is 12.3 Å². The average Bonchev–Trinajstić information content (AvgIpc) is 3.11. The molecule has 0 aliphatic carbocycles. The Morgan fingerprint density at radius 3 is 2.90 bits per heavy atom. The summed E-state index contributed by atoms with van der Waals surface area (Å²) in [5, 5.41) is 7.07.